The number of anilines is 1. The number of hydrogen-bond donors (Lipinski definition) is 1. The Morgan fingerprint density at radius 3 is 2.62 bits per heavy atom. The Balaban J connectivity index is 2.53. The fraction of sp³-hybridized carbons (Fsp3) is 0.364. The first-order valence-corrected chi connectivity index (χ1v) is 9.32. The van der Waals surface area contributed by atoms with Crippen LogP contribution in [0.1, 0.15) is 36.1 Å². The molecule has 0 aliphatic heterocycles. The SMILES string of the molecule is CCOC(=O)C[C@H](C=O)O[C@@H](c1cc(F)ccc1NC)c1cccc(OC)c1C. The van der Waals surface area contributed by atoms with Crippen LogP contribution in [0.4, 0.5) is 10.1 Å². The molecule has 0 fully saturated rings. The van der Waals surface area contributed by atoms with Crippen molar-refractivity contribution in [1.29, 1.82) is 0 Å². The van der Waals surface area contributed by atoms with Crippen LogP contribution >= 0.6 is 0 Å². The van der Waals surface area contributed by atoms with Gasteiger partial charge < -0.3 is 24.3 Å². The van der Waals surface area contributed by atoms with E-state index in [1.165, 1.54) is 12.1 Å². The maximum atomic E-state index is 14.1. The molecule has 1 N–H and O–H groups in total. The third-order valence-electron chi connectivity index (χ3n) is 4.53. The second-order valence-electron chi connectivity index (χ2n) is 6.36. The van der Waals surface area contributed by atoms with Crippen molar-refractivity contribution in [3.63, 3.8) is 0 Å². The van der Waals surface area contributed by atoms with E-state index in [2.05, 4.69) is 5.32 Å². The highest BCUT2D eigenvalue weighted by Gasteiger charge is 2.27. The van der Waals surface area contributed by atoms with Crippen LogP contribution < -0.4 is 10.1 Å². The lowest BCUT2D eigenvalue weighted by Gasteiger charge is -2.26. The van der Waals surface area contributed by atoms with E-state index < -0.39 is 24.0 Å². The minimum absolute atomic E-state index is 0.205. The Hall–Kier alpha value is -2.93. The highest BCUT2D eigenvalue weighted by Crippen LogP contribution is 2.37. The summed E-state index contributed by atoms with van der Waals surface area (Å²) >= 11 is 0. The Labute approximate surface area is 170 Å². The molecule has 0 heterocycles. The number of rotatable bonds is 10. The van der Waals surface area contributed by atoms with Crippen molar-refractivity contribution in [2.24, 2.45) is 0 Å². The summed E-state index contributed by atoms with van der Waals surface area (Å²) in [7, 11) is 3.26. The normalized spacial score (nSPS) is 12.7. The molecule has 2 atom stereocenters. The van der Waals surface area contributed by atoms with Gasteiger partial charge in [0.15, 0.2) is 0 Å². The molecule has 0 aliphatic rings. The molecular formula is C22H26FNO5. The number of nitrogens with one attached hydrogen (secondary N) is 1. The average molecular weight is 403 g/mol. The number of hydrogen-bond acceptors (Lipinski definition) is 6. The van der Waals surface area contributed by atoms with Crippen molar-refractivity contribution in [2.45, 2.75) is 32.5 Å². The Kier molecular flexibility index (Phi) is 8.15. The summed E-state index contributed by atoms with van der Waals surface area (Å²) < 4.78 is 30.4. The summed E-state index contributed by atoms with van der Waals surface area (Å²) in [5, 5.41) is 3.02. The summed E-state index contributed by atoms with van der Waals surface area (Å²) in [4.78, 5) is 23.5. The maximum absolute atomic E-state index is 14.1. The minimum atomic E-state index is -1.06. The van der Waals surface area contributed by atoms with Gasteiger partial charge in [-0.05, 0) is 49.2 Å². The number of halogens is 1. The summed E-state index contributed by atoms with van der Waals surface area (Å²) in [6, 6.07) is 9.69. The molecule has 156 valence electrons. The van der Waals surface area contributed by atoms with Crippen LogP contribution in [0.5, 0.6) is 5.75 Å². The highest BCUT2D eigenvalue weighted by molar-refractivity contribution is 5.75. The number of aldehydes is 1. The molecule has 0 aromatic heterocycles. The van der Waals surface area contributed by atoms with Crippen LogP contribution in [0.3, 0.4) is 0 Å². The van der Waals surface area contributed by atoms with E-state index in [-0.39, 0.29) is 13.0 Å². The predicted molar refractivity (Wildman–Crippen MR) is 108 cm³/mol. The number of carbonyl (C=O) groups is 2. The molecule has 0 unspecified atom stereocenters. The molecule has 0 aliphatic carbocycles. The Bertz CT molecular complexity index is 855. The van der Waals surface area contributed by atoms with Gasteiger partial charge in [0.05, 0.1) is 20.1 Å². The van der Waals surface area contributed by atoms with Gasteiger partial charge in [-0.25, -0.2) is 4.39 Å². The summed E-state index contributed by atoms with van der Waals surface area (Å²) in [6.45, 7) is 3.74. The van der Waals surface area contributed by atoms with Crippen LogP contribution in [-0.4, -0.2) is 39.1 Å². The topological polar surface area (TPSA) is 73.9 Å². The highest BCUT2D eigenvalue weighted by atomic mass is 19.1. The second kappa shape index (κ2) is 10.6. The minimum Gasteiger partial charge on any atom is -0.496 e. The van der Waals surface area contributed by atoms with Crippen molar-refractivity contribution in [3.8, 4) is 5.75 Å². The van der Waals surface area contributed by atoms with E-state index in [9.17, 15) is 14.0 Å². The quantitative estimate of drug-likeness (QED) is 0.480. The lowest BCUT2D eigenvalue weighted by atomic mass is 9.95. The van der Waals surface area contributed by atoms with Crippen molar-refractivity contribution < 1.29 is 28.2 Å². The fourth-order valence-corrected chi connectivity index (χ4v) is 3.12. The molecule has 2 aromatic carbocycles. The maximum Gasteiger partial charge on any atom is 0.308 e. The first-order valence-electron chi connectivity index (χ1n) is 9.32. The van der Waals surface area contributed by atoms with Crippen LogP contribution in [-0.2, 0) is 19.1 Å². The van der Waals surface area contributed by atoms with Crippen molar-refractivity contribution >= 4 is 17.9 Å². The molecular weight excluding hydrogens is 377 g/mol. The molecule has 0 radical (unpaired) electrons. The largest absolute Gasteiger partial charge is 0.496 e. The lowest BCUT2D eigenvalue weighted by Crippen LogP contribution is -2.24. The predicted octanol–water partition coefficient (Wildman–Crippen LogP) is 3.81. The van der Waals surface area contributed by atoms with E-state index >= 15 is 0 Å². The van der Waals surface area contributed by atoms with Gasteiger partial charge in [-0.1, -0.05) is 12.1 Å². The smallest absolute Gasteiger partial charge is 0.308 e. The monoisotopic (exact) mass is 403 g/mol. The van der Waals surface area contributed by atoms with Crippen LogP contribution in [0, 0.1) is 12.7 Å². The van der Waals surface area contributed by atoms with Crippen molar-refractivity contribution in [1.82, 2.24) is 0 Å². The first kappa shape index (κ1) is 22.4. The molecule has 29 heavy (non-hydrogen) atoms. The third kappa shape index (κ3) is 5.54. The van der Waals surface area contributed by atoms with E-state index in [1.54, 1.807) is 39.3 Å². The lowest BCUT2D eigenvalue weighted by molar-refractivity contribution is -0.149. The fourth-order valence-electron chi connectivity index (χ4n) is 3.12. The molecule has 0 amide bonds. The molecule has 2 rings (SSSR count). The number of methoxy groups -OCH3 is 1. The molecule has 0 bridgehead atoms. The average Bonchev–Trinajstić information content (AvgIpc) is 2.71. The van der Waals surface area contributed by atoms with Gasteiger partial charge in [0, 0.05) is 18.3 Å². The zero-order valence-electron chi connectivity index (χ0n) is 17.0. The van der Waals surface area contributed by atoms with E-state index in [0.717, 1.165) is 5.56 Å². The van der Waals surface area contributed by atoms with Crippen LogP contribution in [0.15, 0.2) is 36.4 Å². The second-order valence-corrected chi connectivity index (χ2v) is 6.36. The first-order chi connectivity index (χ1) is 13.9. The molecule has 0 spiro atoms. The van der Waals surface area contributed by atoms with Gasteiger partial charge in [0.2, 0.25) is 0 Å². The number of carbonyl (C=O) groups excluding carboxylic acids is 2. The van der Waals surface area contributed by atoms with Gasteiger partial charge in [0.25, 0.3) is 0 Å². The molecule has 7 heteroatoms. The Morgan fingerprint density at radius 2 is 2.00 bits per heavy atom. The van der Waals surface area contributed by atoms with Gasteiger partial charge in [-0.3, -0.25) is 4.79 Å². The summed E-state index contributed by atoms with van der Waals surface area (Å²) in [6.07, 6.45) is -1.55. The van der Waals surface area contributed by atoms with Crippen molar-refractivity contribution in [2.75, 3.05) is 26.1 Å². The van der Waals surface area contributed by atoms with Gasteiger partial charge in [-0.15, -0.1) is 0 Å². The van der Waals surface area contributed by atoms with Gasteiger partial charge >= 0.3 is 5.97 Å². The number of esters is 1. The van der Waals surface area contributed by atoms with E-state index in [0.29, 0.717) is 28.8 Å². The molecule has 2 aromatic rings. The molecule has 0 saturated heterocycles. The van der Waals surface area contributed by atoms with E-state index in [1.807, 2.05) is 13.0 Å². The summed E-state index contributed by atoms with van der Waals surface area (Å²) in [5.41, 5.74) is 2.62. The molecule has 0 saturated carbocycles. The Morgan fingerprint density at radius 1 is 1.24 bits per heavy atom. The third-order valence-corrected chi connectivity index (χ3v) is 4.53. The molecule has 6 nitrogen and oxygen atoms in total. The number of benzene rings is 2. The standard InChI is InChI=1S/C22H26FNO5/c1-5-28-21(26)12-16(13-25)29-22(17-7-6-8-20(27-4)14(17)2)18-11-15(23)9-10-19(18)24-3/h6-11,13,16,22,24H,5,12H2,1-4H3/t16-,22-/m1/s1. The van der Waals surface area contributed by atoms with Gasteiger partial charge in [0.1, 0.15) is 30.1 Å². The van der Waals surface area contributed by atoms with Crippen LogP contribution in [0.25, 0.3) is 0 Å². The van der Waals surface area contributed by atoms with Crippen LogP contribution in [0.2, 0.25) is 0 Å². The zero-order valence-corrected chi connectivity index (χ0v) is 17.0. The van der Waals surface area contributed by atoms with Crippen molar-refractivity contribution in [3.05, 3.63) is 58.9 Å². The van der Waals surface area contributed by atoms with E-state index in [4.69, 9.17) is 14.2 Å². The number of ether oxygens (including phenoxy) is 3. The summed E-state index contributed by atoms with van der Waals surface area (Å²) in [5.74, 6) is -0.355. The van der Waals surface area contributed by atoms with Gasteiger partial charge in [-0.2, -0.15) is 0 Å². The zero-order chi connectivity index (χ0) is 21.4.